The fourth-order valence-electron chi connectivity index (χ4n) is 2.06. The van der Waals surface area contributed by atoms with E-state index in [0.717, 1.165) is 0 Å². The van der Waals surface area contributed by atoms with Crippen LogP contribution in [0.4, 0.5) is 0 Å². The number of aliphatic hydroxyl groups excluding tert-OH is 1. The van der Waals surface area contributed by atoms with Crippen molar-refractivity contribution >= 4 is 11.0 Å². The Morgan fingerprint density at radius 3 is 2.94 bits per heavy atom. The number of aromatic nitrogens is 3. The van der Waals surface area contributed by atoms with Crippen LogP contribution in [0.2, 0.25) is 0 Å². The van der Waals surface area contributed by atoms with Gasteiger partial charge in [0.25, 0.3) is 0 Å². The van der Waals surface area contributed by atoms with Gasteiger partial charge in [-0.05, 0) is 12.1 Å². The monoisotopic (exact) mass is 229 g/mol. The van der Waals surface area contributed by atoms with Crippen LogP contribution >= 0.6 is 0 Å². The fraction of sp³-hybridized carbons (Fsp3) is 0.167. The third kappa shape index (κ3) is 1.40. The van der Waals surface area contributed by atoms with E-state index in [1.165, 1.54) is 0 Å². The normalized spacial score (nSPS) is 27.8. The molecule has 1 aromatic heterocycles. The first-order valence-corrected chi connectivity index (χ1v) is 5.28. The maximum atomic E-state index is 10.6. The van der Waals surface area contributed by atoms with E-state index in [9.17, 15) is 10.2 Å². The molecule has 86 valence electrons. The average Bonchev–Trinajstić information content (AvgIpc) is 2.81. The summed E-state index contributed by atoms with van der Waals surface area (Å²) in [7, 11) is 0. The Balaban J connectivity index is 2.24. The minimum atomic E-state index is -1.45. The van der Waals surface area contributed by atoms with Gasteiger partial charge in [0.1, 0.15) is 22.7 Å². The van der Waals surface area contributed by atoms with Crippen molar-refractivity contribution in [2.75, 3.05) is 0 Å². The van der Waals surface area contributed by atoms with E-state index in [1.54, 1.807) is 42.5 Å². The maximum Gasteiger partial charge on any atom is 0.140 e. The first-order valence-electron chi connectivity index (χ1n) is 5.28. The van der Waals surface area contributed by atoms with Crippen LogP contribution in [-0.4, -0.2) is 31.7 Å². The number of fused-ring (bicyclic) bond motifs is 1. The summed E-state index contributed by atoms with van der Waals surface area (Å²) in [6.45, 7) is 0. The standard InChI is InChI=1S/C12H11N3O2/c16-10-6-1-2-7-12(10,17)8-4-3-5-9-11(8)14-15-13-9/h1-7,10,16-17H,(H,13,14,15). The van der Waals surface area contributed by atoms with Gasteiger partial charge in [-0.3, -0.25) is 0 Å². The number of hydrogen-bond acceptors (Lipinski definition) is 4. The Morgan fingerprint density at radius 1 is 1.24 bits per heavy atom. The summed E-state index contributed by atoms with van der Waals surface area (Å²) in [6, 6.07) is 5.30. The molecule has 5 nitrogen and oxygen atoms in total. The Labute approximate surface area is 97.1 Å². The van der Waals surface area contributed by atoms with Crippen molar-refractivity contribution in [1.82, 2.24) is 15.4 Å². The lowest BCUT2D eigenvalue weighted by atomic mass is 9.84. The van der Waals surface area contributed by atoms with Gasteiger partial charge in [0, 0.05) is 5.56 Å². The molecule has 0 saturated heterocycles. The molecule has 3 N–H and O–H groups in total. The summed E-state index contributed by atoms with van der Waals surface area (Å²) in [5, 5.41) is 31.0. The van der Waals surface area contributed by atoms with Crippen molar-refractivity contribution in [3.63, 3.8) is 0 Å². The van der Waals surface area contributed by atoms with Crippen molar-refractivity contribution in [3.8, 4) is 0 Å². The number of rotatable bonds is 1. The van der Waals surface area contributed by atoms with Gasteiger partial charge >= 0.3 is 0 Å². The van der Waals surface area contributed by atoms with Gasteiger partial charge in [-0.15, -0.1) is 0 Å². The number of para-hydroxylation sites is 1. The van der Waals surface area contributed by atoms with Gasteiger partial charge in [0.15, 0.2) is 0 Å². The molecular formula is C12H11N3O2. The molecule has 2 unspecified atom stereocenters. The van der Waals surface area contributed by atoms with Crippen molar-refractivity contribution in [2.45, 2.75) is 11.7 Å². The van der Waals surface area contributed by atoms with Crippen LogP contribution in [0.1, 0.15) is 5.56 Å². The topological polar surface area (TPSA) is 82.0 Å². The molecule has 0 radical (unpaired) electrons. The molecule has 2 aromatic rings. The number of H-pyrrole nitrogens is 1. The third-order valence-electron chi connectivity index (χ3n) is 2.98. The van der Waals surface area contributed by atoms with Gasteiger partial charge in [-0.1, -0.05) is 30.4 Å². The highest BCUT2D eigenvalue weighted by Gasteiger charge is 2.36. The van der Waals surface area contributed by atoms with Crippen molar-refractivity contribution in [2.24, 2.45) is 0 Å². The molecule has 3 rings (SSSR count). The third-order valence-corrected chi connectivity index (χ3v) is 2.98. The molecule has 1 aliphatic carbocycles. The minimum Gasteiger partial charge on any atom is -0.385 e. The predicted molar refractivity (Wildman–Crippen MR) is 62.1 cm³/mol. The number of allylic oxidation sites excluding steroid dienone is 2. The quantitative estimate of drug-likeness (QED) is 0.670. The zero-order valence-corrected chi connectivity index (χ0v) is 8.91. The van der Waals surface area contributed by atoms with Gasteiger partial charge < -0.3 is 10.2 Å². The highest BCUT2D eigenvalue weighted by atomic mass is 16.3. The SMILES string of the molecule is OC1C=CC=CC1(O)c1cccc2n[nH]nc12. The highest BCUT2D eigenvalue weighted by Crippen LogP contribution is 2.33. The summed E-state index contributed by atoms with van der Waals surface area (Å²) in [6.07, 6.45) is 5.50. The molecule has 2 atom stereocenters. The Kier molecular flexibility index (Phi) is 2.10. The lowest BCUT2D eigenvalue weighted by Crippen LogP contribution is -2.37. The van der Waals surface area contributed by atoms with Crippen LogP contribution in [0.3, 0.4) is 0 Å². The van der Waals surface area contributed by atoms with Gasteiger partial charge in [-0.25, -0.2) is 0 Å². The number of aromatic amines is 1. The molecule has 17 heavy (non-hydrogen) atoms. The molecule has 1 aromatic carbocycles. The number of nitrogens with one attached hydrogen (secondary N) is 1. The van der Waals surface area contributed by atoms with E-state index in [1.807, 2.05) is 0 Å². The fourth-order valence-corrected chi connectivity index (χ4v) is 2.06. The molecule has 0 fully saturated rings. The van der Waals surface area contributed by atoms with Gasteiger partial charge in [0.05, 0.1) is 0 Å². The van der Waals surface area contributed by atoms with Crippen molar-refractivity contribution in [3.05, 3.63) is 48.1 Å². The zero-order valence-electron chi connectivity index (χ0n) is 8.91. The molecule has 0 amide bonds. The van der Waals surface area contributed by atoms with Crippen LogP contribution in [-0.2, 0) is 5.60 Å². The predicted octanol–water partition coefficient (Wildman–Crippen LogP) is 0.632. The zero-order chi connectivity index (χ0) is 11.9. The molecule has 0 aliphatic heterocycles. The molecule has 0 bridgehead atoms. The van der Waals surface area contributed by atoms with Crippen LogP contribution in [0, 0.1) is 0 Å². The van der Waals surface area contributed by atoms with E-state index in [4.69, 9.17) is 0 Å². The smallest absolute Gasteiger partial charge is 0.140 e. The number of nitrogens with zero attached hydrogens (tertiary/aromatic N) is 2. The molecular weight excluding hydrogens is 218 g/mol. The summed E-state index contributed by atoms with van der Waals surface area (Å²) in [5.41, 5.74) is 0.308. The van der Waals surface area contributed by atoms with E-state index >= 15 is 0 Å². The maximum absolute atomic E-state index is 10.6. The Morgan fingerprint density at radius 2 is 2.12 bits per heavy atom. The molecule has 0 spiro atoms. The van der Waals surface area contributed by atoms with Crippen molar-refractivity contribution < 1.29 is 10.2 Å². The first-order chi connectivity index (χ1) is 8.22. The largest absolute Gasteiger partial charge is 0.385 e. The summed E-state index contributed by atoms with van der Waals surface area (Å²) < 4.78 is 0. The highest BCUT2D eigenvalue weighted by molar-refractivity contribution is 5.79. The van der Waals surface area contributed by atoms with Crippen LogP contribution < -0.4 is 0 Å². The second kappa shape index (κ2) is 3.51. The average molecular weight is 229 g/mol. The number of benzene rings is 1. The molecule has 0 saturated carbocycles. The van der Waals surface area contributed by atoms with Crippen molar-refractivity contribution in [1.29, 1.82) is 0 Å². The van der Waals surface area contributed by atoms with E-state index in [0.29, 0.717) is 16.6 Å². The van der Waals surface area contributed by atoms with Gasteiger partial charge in [-0.2, -0.15) is 15.4 Å². The molecule has 5 heteroatoms. The minimum absolute atomic E-state index is 0.539. The van der Waals surface area contributed by atoms with Crippen LogP contribution in [0.5, 0.6) is 0 Å². The first kappa shape index (κ1) is 10.2. The lowest BCUT2D eigenvalue weighted by molar-refractivity contribution is -0.0184. The Hall–Kier alpha value is -1.98. The van der Waals surface area contributed by atoms with Gasteiger partial charge in [0.2, 0.25) is 0 Å². The van der Waals surface area contributed by atoms with E-state index in [-0.39, 0.29) is 0 Å². The lowest BCUT2D eigenvalue weighted by Gasteiger charge is -2.30. The second-order valence-corrected chi connectivity index (χ2v) is 4.01. The van der Waals surface area contributed by atoms with E-state index in [2.05, 4.69) is 15.4 Å². The number of hydrogen-bond donors (Lipinski definition) is 3. The summed E-state index contributed by atoms with van der Waals surface area (Å²) in [4.78, 5) is 0. The van der Waals surface area contributed by atoms with Crippen LogP contribution in [0.15, 0.2) is 42.5 Å². The summed E-state index contributed by atoms with van der Waals surface area (Å²) >= 11 is 0. The molecule has 1 heterocycles. The molecule has 1 aliphatic rings. The Bertz CT molecular complexity index is 617. The summed E-state index contributed by atoms with van der Waals surface area (Å²) in [5.74, 6) is 0. The van der Waals surface area contributed by atoms with Crippen LogP contribution in [0.25, 0.3) is 11.0 Å². The second-order valence-electron chi connectivity index (χ2n) is 4.01. The number of aliphatic hydroxyl groups is 2. The van der Waals surface area contributed by atoms with E-state index < -0.39 is 11.7 Å².